The van der Waals surface area contributed by atoms with Gasteiger partial charge in [-0.25, -0.2) is 9.78 Å². The number of para-hydroxylation sites is 1. The molecule has 0 saturated carbocycles. The Balaban J connectivity index is 1.57. The number of anilines is 3. The number of urea groups is 1. The quantitative estimate of drug-likeness (QED) is 0.498. The standard InChI is InChI=1S/C20H19N5O3S/c1-12-5-4-6-13(9-12)22-19(28)25-20-23-14(11-29-20)10-17(26)24-16-8-3-2-7-15(16)18(21)27/h2-9,11H,10H2,1H3,(H2,21,27)(H,24,26)(H2,22,23,25,28). The van der Waals surface area contributed by atoms with E-state index in [1.54, 1.807) is 29.6 Å². The zero-order valence-corrected chi connectivity index (χ0v) is 16.4. The first-order valence-electron chi connectivity index (χ1n) is 8.68. The molecule has 0 atom stereocenters. The summed E-state index contributed by atoms with van der Waals surface area (Å²) < 4.78 is 0. The molecule has 3 aromatic rings. The summed E-state index contributed by atoms with van der Waals surface area (Å²) in [4.78, 5) is 40.0. The van der Waals surface area contributed by atoms with Crippen LogP contribution >= 0.6 is 11.3 Å². The molecule has 2 aromatic carbocycles. The van der Waals surface area contributed by atoms with Gasteiger partial charge >= 0.3 is 6.03 Å². The first kappa shape index (κ1) is 20.0. The number of thiazole rings is 1. The van der Waals surface area contributed by atoms with Crippen LogP contribution < -0.4 is 21.7 Å². The predicted octanol–water partition coefficient (Wildman–Crippen LogP) is 3.38. The van der Waals surface area contributed by atoms with Gasteiger partial charge in [-0.1, -0.05) is 24.3 Å². The molecule has 1 heterocycles. The minimum Gasteiger partial charge on any atom is -0.366 e. The van der Waals surface area contributed by atoms with Crippen LogP contribution in [0.15, 0.2) is 53.9 Å². The van der Waals surface area contributed by atoms with E-state index in [2.05, 4.69) is 20.9 Å². The second-order valence-corrected chi connectivity index (χ2v) is 7.09. The van der Waals surface area contributed by atoms with Crippen molar-refractivity contribution < 1.29 is 14.4 Å². The van der Waals surface area contributed by atoms with Crippen molar-refractivity contribution in [3.8, 4) is 0 Å². The second-order valence-electron chi connectivity index (χ2n) is 6.23. The fraction of sp³-hybridized carbons (Fsp3) is 0.100. The molecular formula is C20H19N5O3S. The highest BCUT2D eigenvalue weighted by Crippen LogP contribution is 2.18. The number of hydrogen-bond donors (Lipinski definition) is 4. The maximum absolute atomic E-state index is 12.3. The maximum Gasteiger partial charge on any atom is 0.325 e. The van der Waals surface area contributed by atoms with E-state index in [1.807, 2.05) is 25.1 Å². The number of rotatable bonds is 6. The Hall–Kier alpha value is -3.72. The fourth-order valence-electron chi connectivity index (χ4n) is 2.59. The first-order valence-corrected chi connectivity index (χ1v) is 9.56. The maximum atomic E-state index is 12.3. The molecule has 0 aliphatic heterocycles. The minimum absolute atomic E-state index is 0.00915. The third-order valence-electron chi connectivity index (χ3n) is 3.86. The number of hydrogen-bond acceptors (Lipinski definition) is 5. The Morgan fingerprint density at radius 3 is 2.59 bits per heavy atom. The van der Waals surface area contributed by atoms with E-state index in [-0.39, 0.29) is 17.9 Å². The number of aromatic nitrogens is 1. The predicted molar refractivity (Wildman–Crippen MR) is 113 cm³/mol. The van der Waals surface area contributed by atoms with Crippen molar-refractivity contribution in [2.75, 3.05) is 16.0 Å². The average molecular weight is 409 g/mol. The lowest BCUT2D eigenvalue weighted by atomic mass is 10.1. The van der Waals surface area contributed by atoms with E-state index in [0.29, 0.717) is 22.2 Å². The molecule has 0 saturated heterocycles. The van der Waals surface area contributed by atoms with E-state index in [0.717, 1.165) is 5.56 Å². The monoisotopic (exact) mass is 409 g/mol. The van der Waals surface area contributed by atoms with Gasteiger partial charge in [0, 0.05) is 11.1 Å². The summed E-state index contributed by atoms with van der Waals surface area (Å²) in [6, 6.07) is 13.5. The number of amides is 4. The Morgan fingerprint density at radius 1 is 1.03 bits per heavy atom. The highest BCUT2D eigenvalue weighted by Gasteiger charge is 2.13. The molecule has 8 nitrogen and oxygen atoms in total. The average Bonchev–Trinajstić information content (AvgIpc) is 3.08. The zero-order chi connectivity index (χ0) is 20.8. The molecule has 3 rings (SSSR count). The number of nitrogens with one attached hydrogen (secondary N) is 3. The molecule has 0 radical (unpaired) electrons. The molecule has 4 amide bonds. The van der Waals surface area contributed by atoms with Gasteiger partial charge in [-0.05, 0) is 36.8 Å². The zero-order valence-electron chi connectivity index (χ0n) is 15.6. The first-order chi connectivity index (χ1) is 13.9. The van der Waals surface area contributed by atoms with E-state index in [4.69, 9.17) is 5.73 Å². The minimum atomic E-state index is -0.624. The molecule has 5 N–H and O–H groups in total. The van der Waals surface area contributed by atoms with Crippen LogP contribution in [0.1, 0.15) is 21.6 Å². The molecule has 148 valence electrons. The van der Waals surface area contributed by atoms with Gasteiger partial charge in [-0.3, -0.25) is 14.9 Å². The number of aryl methyl sites for hydroxylation is 1. The molecular weight excluding hydrogens is 390 g/mol. The van der Waals surface area contributed by atoms with Crippen LogP contribution in [-0.4, -0.2) is 22.8 Å². The summed E-state index contributed by atoms with van der Waals surface area (Å²) in [7, 11) is 0. The van der Waals surface area contributed by atoms with Crippen LogP contribution in [0.25, 0.3) is 0 Å². The Morgan fingerprint density at radius 2 is 1.83 bits per heavy atom. The highest BCUT2D eigenvalue weighted by molar-refractivity contribution is 7.14. The van der Waals surface area contributed by atoms with Crippen molar-refractivity contribution in [3.05, 3.63) is 70.7 Å². The molecule has 29 heavy (non-hydrogen) atoms. The summed E-state index contributed by atoms with van der Waals surface area (Å²) in [5.74, 6) is -0.972. The smallest absolute Gasteiger partial charge is 0.325 e. The van der Waals surface area contributed by atoms with Gasteiger partial charge in [0.25, 0.3) is 5.91 Å². The molecule has 0 bridgehead atoms. The summed E-state index contributed by atoms with van der Waals surface area (Å²) in [5, 5.41) is 10.1. The van der Waals surface area contributed by atoms with Gasteiger partial charge in [-0.2, -0.15) is 0 Å². The molecule has 1 aromatic heterocycles. The van der Waals surface area contributed by atoms with Crippen molar-refractivity contribution in [3.63, 3.8) is 0 Å². The summed E-state index contributed by atoms with van der Waals surface area (Å²) >= 11 is 1.21. The lowest BCUT2D eigenvalue weighted by Gasteiger charge is -2.08. The van der Waals surface area contributed by atoms with Crippen LogP contribution in [0, 0.1) is 6.92 Å². The van der Waals surface area contributed by atoms with Gasteiger partial charge in [0.2, 0.25) is 5.91 Å². The molecule has 9 heteroatoms. The highest BCUT2D eigenvalue weighted by atomic mass is 32.1. The number of nitrogens with zero attached hydrogens (tertiary/aromatic N) is 1. The summed E-state index contributed by atoms with van der Waals surface area (Å²) in [5.41, 5.74) is 8.08. The number of nitrogens with two attached hydrogens (primary N) is 1. The van der Waals surface area contributed by atoms with Crippen LogP contribution in [0.2, 0.25) is 0 Å². The second kappa shape index (κ2) is 8.98. The van der Waals surface area contributed by atoms with Gasteiger partial charge in [0.1, 0.15) is 0 Å². The third kappa shape index (κ3) is 5.63. The largest absolute Gasteiger partial charge is 0.366 e. The van der Waals surface area contributed by atoms with Crippen molar-refractivity contribution in [1.82, 2.24) is 4.98 Å². The van der Waals surface area contributed by atoms with E-state index < -0.39 is 11.9 Å². The van der Waals surface area contributed by atoms with E-state index in [1.165, 1.54) is 17.4 Å². The van der Waals surface area contributed by atoms with Crippen LogP contribution in [0.3, 0.4) is 0 Å². The summed E-state index contributed by atoms with van der Waals surface area (Å²) in [6.45, 7) is 1.93. The van der Waals surface area contributed by atoms with Crippen molar-refractivity contribution >= 4 is 45.7 Å². The van der Waals surface area contributed by atoms with Crippen molar-refractivity contribution in [2.45, 2.75) is 13.3 Å². The SMILES string of the molecule is Cc1cccc(NC(=O)Nc2nc(CC(=O)Nc3ccccc3C(N)=O)cs2)c1. The van der Waals surface area contributed by atoms with Gasteiger partial charge in [0.05, 0.1) is 23.4 Å². The van der Waals surface area contributed by atoms with Gasteiger partial charge in [-0.15, -0.1) is 11.3 Å². The molecule has 0 fully saturated rings. The number of carbonyl (C=O) groups excluding carboxylic acids is 3. The summed E-state index contributed by atoms with van der Waals surface area (Å²) in [6.07, 6.45) is -0.00915. The Kier molecular flexibility index (Phi) is 6.20. The van der Waals surface area contributed by atoms with Crippen molar-refractivity contribution in [1.29, 1.82) is 0 Å². The lowest BCUT2D eigenvalue weighted by molar-refractivity contribution is -0.115. The number of primary amides is 1. The Bertz CT molecular complexity index is 1060. The normalized spacial score (nSPS) is 10.2. The van der Waals surface area contributed by atoms with Gasteiger partial charge in [0.15, 0.2) is 5.13 Å². The number of benzene rings is 2. The molecule has 0 aliphatic rings. The lowest BCUT2D eigenvalue weighted by Crippen LogP contribution is -2.20. The van der Waals surface area contributed by atoms with Crippen molar-refractivity contribution in [2.24, 2.45) is 5.73 Å². The topological polar surface area (TPSA) is 126 Å². The van der Waals surface area contributed by atoms with E-state index >= 15 is 0 Å². The third-order valence-corrected chi connectivity index (χ3v) is 4.66. The Labute approximate surface area is 171 Å². The van der Waals surface area contributed by atoms with Crippen LogP contribution in [0.4, 0.5) is 21.3 Å². The molecule has 0 aliphatic carbocycles. The molecule has 0 spiro atoms. The van der Waals surface area contributed by atoms with Gasteiger partial charge < -0.3 is 16.4 Å². The number of carbonyl (C=O) groups is 3. The molecule has 0 unspecified atom stereocenters. The van der Waals surface area contributed by atoms with Crippen LogP contribution in [-0.2, 0) is 11.2 Å². The van der Waals surface area contributed by atoms with Crippen LogP contribution in [0.5, 0.6) is 0 Å². The fourth-order valence-corrected chi connectivity index (χ4v) is 3.30. The van der Waals surface area contributed by atoms with E-state index in [9.17, 15) is 14.4 Å².